The van der Waals surface area contributed by atoms with Crippen LogP contribution in [0.1, 0.15) is 50.2 Å². The second-order valence-corrected chi connectivity index (χ2v) is 7.25. The van der Waals surface area contributed by atoms with Crippen molar-refractivity contribution < 1.29 is 19.1 Å². The number of nitrogens with one attached hydrogen (secondary N) is 1. The lowest BCUT2D eigenvalue weighted by molar-refractivity contribution is 0.0503. The van der Waals surface area contributed by atoms with Crippen LogP contribution in [0, 0.1) is 6.92 Å². The van der Waals surface area contributed by atoms with Gasteiger partial charge in [0.1, 0.15) is 11.3 Å². The van der Waals surface area contributed by atoms with Crippen molar-refractivity contribution in [2.45, 2.75) is 53.2 Å². The van der Waals surface area contributed by atoms with Gasteiger partial charge < -0.3 is 19.4 Å². The van der Waals surface area contributed by atoms with Crippen LogP contribution in [-0.4, -0.2) is 35.4 Å². The van der Waals surface area contributed by atoms with E-state index in [0.717, 1.165) is 16.5 Å². The van der Waals surface area contributed by atoms with Gasteiger partial charge in [0.25, 0.3) is 0 Å². The number of carbonyl (C=O) groups excluding carboxylic acids is 2. The van der Waals surface area contributed by atoms with E-state index in [1.54, 1.807) is 6.92 Å². The smallest absolute Gasteiger partial charge is 0.407 e. The van der Waals surface area contributed by atoms with E-state index in [1.165, 1.54) is 0 Å². The molecule has 1 aromatic heterocycles. The van der Waals surface area contributed by atoms with Crippen molar-refractivity contribution in [3.8, 4) is 0 Å². The minimum Gasteiger partial charge on any atom is -0.461 e. The molecule has 1 aromatic carbocycles. The number of benzene rings is 1. The van der Waals surface area contributed by atoms with E-state index in [9.17, 15) is 9.59 Å². The zero-order valence-corrected chi connectivity index (χ0v) is 16.2. The van der Waals surface area contributed by atoms with Crippen molar-refractivity contribution in [3.05, 3.63) is 35.5 Å². The second-order valence-electron chi connectivity index (χ2n) is 7.25. The number of ether oxygens (including phenoxy) is 2. The normalized spacial score (nSPS) is 11.4. The maximum atomic E-state index is 12.3. The van der Waals surface area contributed by atoms with Gasteiger partial charge in [-0.25, -0.2) is 9.59 Å². The van der Waals surface area contributed by atoms with Gasteiger partial charge in [0.05, 0.1) is 6.61 Å². The van der Waals surface area contributed by atoms with Crippen LogP contribution in [0.4, 0.5) is 4.79 Å². The topological polar surface area (TPSA) is 69.6 Å². The number of aromatic nitrogens is 1. The minimum absolute atomic E-state index is 0.332. The molecule has 0 aliphatic rings. The highest BCUT2D eigenvalue weighted by Crippen LogP contribution is 2.22. The Hall–Kier alpha value is -2.50. The first-order valence-corrected chi connectivity index (χ1v) is 8.95. The lowest BCUT2D eigenvalue weighted by Gasteiger charge is -2.19. The zero-order valence-electron chi connectivity index (χ0n) is 16.2. The van der Waals surface area contributed by atoms with Gasteiger partial charge in [0.2, 0.25) is 0 Å². The first kappa shape index (κ1) is 19.8. The summed E-state index contributed by atoms with van der Waals surface area (Å²) in [7, 11) is 0. The van der Waals surface area contributed by atoms with Crippen LogP contribution in [0.5, 0.6) is 0 Å². The SMILES string of the molecule is CCOC(=O)c1cc2cc(C)ccc2n1CCCNC(=O)OC(C)(C)C. The van der Waals surface area contributed by atoms with Crippen LogP contribution < -0.4 is 5.32 Å². The Labute approximate surface area is 154 Å². The van der Waals surface area contributed by atoms with Crippen LogP contribution in [-0.2, 0) is 16.0 Å². The van der Waals surface area contributed by atoms with E-state index in [4.69, 9.17) is 9.47 Å². The van der Waals surface area contributed by atoms with Gasteiger partial charge in [0, 0.05) is 24.0 Å². The highest BCUT2D eigenvalue weighted by Gasteiger charge is 2.18. The van der Waals surface area contributed by atoms with Gasteiger partial charge in [-0.2, -0.15) is 0 Å². The highest BCUT2D eigenvalue weighted by molar-refractivity contribution is 5.95. The summed E-state index contributed by atoms with van der Waals surface area (Å²) in [4.78, 5) is 24.0. The third-order valence-corrected chi connectivity index (χ3v) is 3.77. The molecule has 0 bridgehead atoms. The molecule has 6 nitrogen and oxygen atoms in total. The summed E-state index contributed by atoms with van der Waals surface area (Å²) in [6.45, 7) is 10.7. The molecule has 0 aliphatic carbocycles. The maximum absolute atomic E-state index is 12.3. The molecule has 26 heavy (non-hydrogen) atoms. The quantitative estimate of drug-likeness (QED) is 0.623. The van der Waals surface area contributed by atoms with Gasteiger partial charge in [-0.05, 0) is 59.2 Å². The van der Waals surface area contributed by atoms with Crippen molar-refractivity contribution in [3.63, 3.8) is 0 Å². The number of alkyl carbamates (subject to hydrolysis) is 1. The largest absolute Gasteiger partial charge is 0.461 e. The Kier molecular flexibility index (Phi) is 6.29. The molecule has 1 N–H and O–H groups in total. The number of aryl methyl sites for hydroxylation is 2. The molecule has 0 saturated carbocycles. The molecule has 0 atom stereocenters. The number of amides is 1. The molecule has 0 aliphatic heterocycles. The van der Waals surface area contributed by atoms with Crippen LogP contribution in [0.3, 0.4) is 0 Å². The zero-order chi connectivity index (χ0) is 19.3. The van der Waals surface area contributed by atoms with E-state index in [1.807, 2.05) is 56.5 Å². The number of hydrogen-bond donors (Lipinski definition) is 1. The van der Waals surface area contributed by atoms with Gasteiger partial charge in [-0.15, -0.1) is 0 Å². The summed E-state index contributed by atoms with van der Waals surface area (Å²) in [5, 5.41) is 3.75. The fourth-order valence-electron chi connectivity index (χ4n) is 2.75. The predicted molar refractivity (Wildman–Crippen MR) is 101 cm³/mol. The maximum Gasteiger partial charge on any atom is 0.407 e. The average Bonchev–Trinajstić information content (AvgIpc) is 2.88. The van der Waals surface area contributed by atoms with Crippen LogP contribution >= 0.6 is 0 Å². The summed E-state index contributed by atoms with van der Waals surface area (Å²) < 4.78 is 12.3. The Morgan fingerprint density at radius 2 is 1.92 bits per heavy atom. The molecule has 0 radical (unpaired) electrons. The summed E-state index contributed by atoms with van der Waals surface area (Å²) in [5.74, 6) is -0.332. The summed E-state index contributed by atoms with van der Waals surface area (Å²) in [5.41, 5.74) is 2.13. The van der Waals surface area contributed by atoms with E-state index >= 15 is 0 Å². The third kappa shape index (κ3) is 5.25. The minimum atomic E-state index is -0.518. The monoisotopic (exact) mass is 360 g/mol. The first-order chi connectivity index (χ1) is 12.2. The number of hydrogen-bond acceptors (Lipinski definition) is 4. The standard InChI is InChI=1S/C20H28N2O4/c1-6-25-18(23)17-13-15-12-14(2)8-9-16(15)22(17)11-7-10-21-19(24)26-20(3,4)5/h8-9,12-13H,6-7,10-11H2,1-5H3,(H,21,24). The lowest BCUT2D eigenvalue weighted by Crippen LogP contribution is -2.33. The van der Waals surface area contributed by atoms with E-state index in [0.29, 0.717) is 31.8 Å². The van der Waals surface area contributed by atoms with Gasteiger partial charge >= 0.3 is 12.1 Å². The van der Waals surface area contributed by atoms with Crippen molar-refractivity contribution in [1.82, 2.24) is 9.88 Å². The fraction of sp³-hybridized carbons (Fsp3) is 0.500. The number of carbonyl (C=O) groups is 2. The lowest BCUT2D eigenvalue weighted by atomic mass is 10.2. The molecule has 0 saturated heterocycles. The van der Waals surface area contributed by atoms with E-state index in [2.05, 4.69) is 5.32 Å². The van der Waals surface area contributed by atoms with Crippen LogP contribution in [0.15, 0.2) is 24.3 Å². The number of fused-ring (bicyclic) bond motifs is 1. The van der Waals surface area contributed by atoms with Crippen LogP contribution in [0.2, 0.25) is 0 Å². The molecule has 6 heteroatoms. The molecule has 2 rings (SSSR count). The number of rotatable bonds is 6. The van der Waals surface area contributed by atoms with Crippen LogP contribution in [0.25, 0.3) is 10.9 Å². The van der Waals surface area contributed by atoms with Crippen molar-refractivity contribution in [2.75, 3.05) is 13.2 Å². The Bertz CT molecular complexity index is 787. The molecular weight excluding hydrogens is 332 g/mol. The van der Waals surface area contributed by atoms with E-state index in [-0.39, 0.29) is 5.97 Å². The second kappa shape index (κ2) is 8.25. The van der Waals surface area contributed by atoms with Gasteiger partial charge in [-0.1, -0.05) is 11.6 Å². The van der Waals surface area contributed by atoms with Crippen molar-refractivity contribution in [1.29, 1.82) is 0 Å². The first-order valence-electron chi connectivity index (χ1n) is 8.95. The van der Waals surface area contributed by atoms with E-state index < -0.39 is 11.7 Å². The molecule has 2 aromatic rings. The Balaban J connectivity index is 2.08. The summed E-state index contributed by atoms with van der Waals surface area (Å²) in [6, 6.07) is 7.94. The highest BCUT2D eigenvalue weighted by atomic mass is 16.6. The average molecular weight is 360 g/mol. The summed E-state index contributed by atoms with van der Waals surface area (Å²) in [6.07, 6.45) is 0.236. The van der Waals surface area contributed by atoms with Gasteiger partial charge in [-0.3, -0.25) is 0 Å². The number of esters is 1. The Morgan fingerprint density at radius 1 is 1.19 bits per heavy atom. The number of nitrogens with zero attached hydrogens (tertiary/aromatic N) is 1. The molecule has 0 unspecified atom stereocenters. The molecular formula is C20H28N2O4. The fourth-order valence-corrected chi connectivity index (χ4v) is 2.75. The molecule has 1 heterocycles. The molecule has 0 fully saturated rings. The third-order valence-electron chi connectivity index (χ3n) is 3.77. The molecule has 1 amide bonds. The predicted octanol–water partition coefficient (Wildman–Crippen LogP) is 4.04. The molecule has 0 spiro atoms. The van der Waals surface area contributed by atoms with Gasteiger partial charge in [0.15, 0.2) is 0 Å². The molecule has 142 valence electrons. The van der Waals surface area contributed by atoms with Crippen molar-refractivity contribution in [2.24, 2.45) is 0 Å². The summed E-state index contributed by atoms with van der Waals surface area (Å²) >= 11 is 0. The Morgan fingerprint density at radius 3 is 2.58 bits per heavy atom. The van der Waals surface area contributed by atoms with Crippen molar-refractivity contribution >= 4 is 23.0 Å².